The molecule has 0 saturated carbocycles. The van der Waals surface area contributed by atoms with Gasteiger partial charge in [0.2, 0.25) is 0 Å². The number of fused-ring (bicyclic) bond motifs is 1. The molecule has 4 nitrogen and oxygen atoms in total. The molecule has 6 heteroatoms. The Morgan fingerprint density at radius 2 is 1.62 bits per heavy atom. The number of thioether (sulfide) groups is 1. The average molecular weight is 471 g/mol. The number of para-hydroxylation sites is 1. The molecule has 2 heterocycles. The highest BCUT2D eigenvalue weighted by atomic mass is 32.2. The molecule has 1 saturated heterocycles. The third-order valence-electron chi connectivity index (χ3n) is 6.00. The van der Waals surface area contributed by atoms with Gasteiger partial charge in [0.15, 0.2) is 0 Å². The van der Waals surface area contributed by atoms with E-state index in [1.54, 1.807) is 12.1 Å². The number of carbonyl (C=O) groups excluding carboxylic acids is 2. The normalized spacial score (nSPS) is 15.1. The van der Waals surface area contributed by atoms with Gasteiger partial charge >= 0.3 is 0 Å². The molecular weight excluding hydrogens is 447 g/mol. The van der Waals surface area contributed by atoms with Crippen molar-refractivity contribution < 1.29 is 14.0 Å². The van der Waals surface area contributed by atoms with Gasteiger partial charge in [0.25, 0.3) is 11.1 Å². The molecule has 1 aliphatic heterocycles. The molecule has 5 rings (SSSR count). The fraction of sp³-hybridized carbons (Fsp3) is 0.143. The molecule has 2 amide bonds. The zero-order valence-corrected chi connectivity index (χ0v) is 19.5. The number of imide groups is 1. The summed E-state index contributed by atoms with van der Waals surface area (Å²) in [5.41, 5.74) is 5.06. The predicted molar refractivity (Wildman–Crippen MR) is 135 cm³/mol. The van der Waals surface area contributed by atoms with Crippen molar-refractivity contribution in [1.29, 1.82) is 0 Å². The van der Waals surface area contributed by atoms with Gasteiger partial charge < -0.3 is 4.57 Å². The van der Waals surface area contributed by atoms with Gasteiger partial charge in [0, 0.05) is 23.7 Å². The Balaban J connectivity index is 1.52. The summed E-state index contributed by atoms with van der Waals surface area (Å²) in [6, 6.07) is 22.1. The van der Waals surface area contributed by atoms with Gasteiger partial charge in [0.05, 0.1) is 17.0 Å². The number of hydrogen-bond donors (Lipinski definition) is 0. The van der Waals surface area contributed by atoms with Crippen molar-refractivity contribution in [3.05, 3.63) is 112 Å². The third-order valence-corrected chi connectivity index (χ3v) is 6.91. The first-order valence-corrected chi connectivity index (χ1v) is 12.0. The van der Waals surface area contributed by atoms with Crippen molar-refractivity contribution >= 4 is 39.9 Å². The quantitative estimate of drug-likeness (QED) is 0.297. The average Bonchev–Trinajstić information content (AvgIpc) is 3.33. The number of hydrogen-bond acceptors (Lipinski definition) is 3. The standard InChI is InChI=1S/C28H23FN2O2S/c1-2-21-9-6-10-24-22(18-30(26(21)24)16-20-11-13-23(29)14-12-20)15-25-27(32)31(28(33)34-25)17-19-7-4-3-5-8-19/h3-15,18H,2,16-17H2,1H3/b25-15-. The first-order chi connectivity index (χ1) is 16.5. The van der Waals surface area contributed by atoms with Crippen molar-refractivity contribution in [2.45, 2.75) is 26.4 Å². The summed E-state index contributed by atoms with van der Waals surface area (Å²) in [7, 11) is 0. The van der Waals surface area contributed by atoms with Gasteiger partial charge in [-0.1, -0.05) is 67.6 Å². The number of aromatic nitrogens is 1. The van der Waals surface area contributed by atoms with E-state index < -0.39 is 0 Å². The van der Waals surface area contributed by atoms with E-state index in [4.69, 9.17) is 0 Å². The molecule has 0 atom stereocenters. The van der Waals surface area contributed by atoms with Crippen molar-refractivity contribution in [2.75, 3.05) is 0 Å². The summed E-state index contributed by atoms with van der Waals surface area (Å²) in [6.45, 7) is 2.95. The van der Waals surface area contributed by atoms with E-state index in [-0.39, 0.29) is 23.5 Å². The molecule has 0 aliphatic carbocycles. The van der Waals surface area contributed by atoms with Gasteiger partial charge in [-0.25, -0.2) is 4.39 Å². The first kappa shape index (κ1) is 22.2. The Morgan fingerprint density at radius 1 is 0.882 bits per heavy atom. The fourth-order valence-electron chi connectivity index (χ4n) is 4.32. The summed E-state index contributed by atoms with van der Waals surface area (Å²) in [5, 5.41) is 0.765. The lowest BCUT2D eigenvalue weighted by atomic mass is 10.1. The zero-order chi connectivity index (χ0) is 23.7. The molecule has 170 valence electrons. The highest BCUT2D eigenvalue weighted by Crippen LogP contribution is 2.35. The monoisotopic (exact) mass is 470 g/mol. The maximum Gasteiger partial charge on any atom is 0.293 e. The molecule has 4 aromatic rings. The maximum absolute atomic E-state index is 13.4. The Hall–Kier alpha value is -3.64. The zero-order valence-electron chi connectivity index (χ0n) is 18.7. The molecule has 1 fully saturated rings. The second kappa shape index (κ2) is 9.31. The second-order valence-electron chi connectivity index (χ2n) is 8.26. The highest BCUT2D eigenvalue weighted by molar-refractivity contribution is 8.18. The number of benzene rings is 3. The highest BCUT2D eigenvalue weighted by Gasteiger charge is 2.35. The number of carbonyl (C=O) groups is 2. The molecule has 0 spiro atoms. The van der Waals surface area contributed by atoms with Crippen molar-refractivity contribution in [2.24, 2.45) is 0 Å². The predicted octanol–water partition coefficient (Wildman–Crippen LogP) is 6.63. The maximum atomic E-state index is 13.4. The van der Waals surface area contributed by atoms with Gasteiger partial charge in [0.1, 0.15) is 5.82 Å². The van der Waals surface area contributed by atoms with Crippen LogP contribution >= 0.6 is 11.8 Å². The van der Waals surface area contributed by atoms with E-state index >= 15 is 0 Å². The topological polar surface area (TPSA) is 42.3 Å². The molecule has 3 aromatic carbocycles. The van der Waals surface area contributed by atoms with Crippen LogP contribution in [-0.4, -0.2) is 20.6 Å². The van der Waals surface area contributed by atoms with Crippen LogP contribution in [0.25, 0.3) is 17.0 Å². The minimum atomic E-state index is -0.273. The van der Waals surface area contributed by atoms with Crippen LogP contribution in [0.15, 0.2) is 83.9 Å². The van der Waals surface area contributed by atoms with Gasteiger partial charge in [-0.05, 0) is 53.1 Å². The number of nitrogens with zero attached hydrogens (tertiary/aromatic N) is 2. The van der Waals surface area contributed by atoms with E-state index in [1.807, 2.05) is 54.7 Å². The minimum absolute atomic E-state index is 0.259. The third kappa shape index (κ3) is 4.29. The molecule has 34 heavy (non-hydrogen) atoms. The summed E-state index contributed by atoms with van der Waals surface area (Å²) >= 11 is 0.977. The van der Waals surface area contributed by atoms with E-state index in [2.05, 4.69) is 17.6 Å². The van der Waals surface area contributed by atoms with Gasteiger partial charge in [-0.3, -0.25) is 14.5 Å². The van der Waals surface area contributed by atoms with Crippen LogP contribution in [-0.2, 0) is 24.3 Å². The Labute approximate surface area is 201 Å². The van der Waals surface area contributed by atoms with Gasteiger partial charge in [-0.2, -0.15) is 0 Å². The Kier molecular flexibility index (Phi) is 6.07. The van der Waals surface area contributed by atoms with Crippen LogP contribution in [0.2, 0.25) is 0 Å². The molecule has 0 radical (unpaired) electrons. The second-order valence-corrected chi connectivity index (χ2v) is 9.25. The summed E-state index contributed by atoms with van der Waals surface area (Å²) in [6.07, 6.45) is 4.69. The first-order valence-electron chi connectivity index (χ1n) is 11.2. The van der Waals surface area contributed by atoms with Crippen LogP contribution < -0.4 is 0 Å². The SMILES string of the molecule is CCc1cccc2c(/C=C3\SC(=O)N(Cc4ccccc4)C3=O)cn(Cc3ccc(F)cc3)c12. The Bertz CT molecular complexity index is 1410. The summed E-state index contributed by atoms with van der Waals surface area (Å²) < 4.78 is 15.5. The summed E-state index contributed by atoms with van der Waals surface area (Å²) in [5.74, 6) is -0.535. The van der Waals surface area contributed by atoms with Crippen LogP contribution in [0.1, 0.15) is 29.2 Å². The molecule has 0 N–H and O–H groups in total. The largest absolute Gasteiger partial charge is 0.342 e. The summed E-state index contributed by atoms with van der Waals surface area (Å²) in [4.78, 5) is 27.4. The van der Waals surface area contributed by atoms with Crippen molar-refractivity contribution in [3.8, 4) is 0 Å². The molecule has 0 bridgehead atoms. The lowest BCUT2D eigenvalue weighted by molar-refractivity contribution is -0.123. The van der Waals surface area contributed by atoms with Crippen molar-refractivity contribution in [3.63, 3.8) is 0 Å². The van der Waals surface area contributed by atoms with Crippen LogP contribution in [0, 0.1) is 5.82 Å². The van der Waals surface area contributed by atoms with Crippen LogP contribution in [0.4, 0.5) is 9.18 Å². The van der Waals surface area contributed by atoms with E-state index in [0.29, 0.717) is 11.4 Å². The number of rotatable bonds is 6. The number of aryl methyl sites for hydroxylation is 1. The minimum Gasteiger partial charge on any atom is -0.342 e. The van der Waals surface area contributed by atoms with Crippen LogP contribution in [0.5, 0.6) is 0 Å². The van der Waals surface area contributed by atoms with Gasteiger partial charge in [-0.15, -0.1) is 0 Å². The Morgan fingerprint density at radius 3 is 2.35 bits per heavy atom. The smallest absolute Gasteiger partial charge is 0.293 e. The van der Waals surface area contributed by atoms with Crippen molar-refractivity contribution in [1.82, 2.24) is 9.47 Å². The number of halogens is 1. The lowest BCUT2D eigenvalue weighted by Gasteiger charge is -2.12. The fourth-order valence-corrected chi connectivity index (χ4v) is 5.15. The van der Waals surface area contributed by atoms with E-state index in [9.17, 15) is 14.0 Å². The molecule has 1 aromatic heterocycles. The van der Waals surface area contributed by atoms with Crippen LogP contribution in [0.3, 0.4) is 0 Å². The van der Waals surface area contributed by atoms with E-state index in [1.165, 1.54) is 22.6 Å². The molecular formula is C28H23FN2O2S. The number of amides is 2. The molecule has 0 unspecified atom stereocenters. The molecule has 1 aliphatic rings. The van der Waals surface area contributed by atoms with E-state index in [0.717, 1.165) is 45.8 Å². The lowest BCUT2D eigenvalue weighted by Crippen LogP contribution is -2.27.